The van der Waals surface area contributed by atoms with Gasteiger partial charge in [-0.2, -0.15) is 14.0 Å². The molecule has 0 unspecified atom stereocenters. The molecular formula is C11H4BrF2N2O3P-2. The number of nitrogens with zero attached hydrogens (tertiary/aromatic N) is 2. The first-order valence-corrected chi connectivity index (χ1v) is 7.41. The number of pyridine rings is 1. The summed E-state index contributed by atoms with van der Waals surface area (Å²) in [5.74, 6) is 0. The van der Waals surface area contributed by atoms with Crippen molar-refractivity contribution < 1.29 is 23.1 Å². The number of fused-ring (bicyclic) bond motifs is 1. The molecule has 2 aromatic rings. The van der Waals surface area contributed by atoms with Gasteiger partial charge in [0.1, 0.15) is 11.8 Å². The highest BCUT2D eigenvalue weighted by atomic mass is 79.9. The number of rotatable bonds is 2. The molecule has 0 radical (unpaired) electrons. The molecule has 0 atom stereocenters. The molecule has 0 aliphatic rings. The van der Waals surface area contributed by atoms with Gasteiger partial charge in [0.15, 0.2) is 0 Å². The van der Waals surface area contributed by atoms with Gasteiger partial charge in [0.2, 0.25) is 0 Å². The monoisotopic (exact) mass is 360 g/mol. The molecule has 5 nitrogen and oxygen atoms in total. The maximum Gasteiger partial charge on any atom is 0.298 e. The molecule has 104 valence electrons. The molecular weight excluding hydrogens is 357 g/mol. The maximum atomic E-state index is 13.6. The summed E-state index contributed by atoms with van der Waals surface area (Å²) in [6.45, 7) is 0. The van der Waals surface area contributed by atoms with Crippen molar-refractivity contribution >= 4 is 34.4 Å². The van der Waals surface area contributed by atoms with Gasteiger partial charge in [-0.15, -0.1) is 0 Å². The zero-order valence-corrected chi connectivity index (χ0v) is 12.0. The van der Waals surface area contributed by atoms with Crippen LogP contribution in [0.4, 0.5) is 8.78 Å². The van der Waals surface area contributed by atoms with Gasteiger partial charge in [-0.05, 0) is 24.3 Å². The molecule has 1 heterocycles. The van der Waals surface area contributed by atoms with Crippen molar-refractivity contribution in [3.05, 3.63) is 40.0 Å². The van der Waals surface area contributed by atoms with Gasteiger partial charge in [-0.25, -0.2) is 4.98 Å². The fraction of sp³-hybridized carbons (Fsp3) is 0.0909. The van der Waals surface area contributed by atoms with Crippen molar-refractivity contribution in [3.8, 4) is 6.07 Å². The highest BCUT2D eigenvalue weighted by Gasteiger charge is 2.38. The van der Waals surface area contributed by atoms with E-state index in [0.29, 0.717) is 5.39 Å². The summed E-state index contributed by atoms with van der Waals surface area (Å²) in [5, 5.41) is 9.11. The van der Waals surface area contributed by atoms with E-state index in [0.717, 1.165) is 6.07 Å². The summed E-state index contributed by atoms with van der Waals surface area (Å²) in [4.78, 5) is 25.2. The number of hydrogen-bond acceptors (Lipinski definition) is 5. The Kier molecular flexibility index (Phi) is 3.65. The number of nitriles is 1. The standard InChI is InChI=1S/C11H6BrF2N2O3P/c12-9-3-6-1-2-7(5-15)16-10(6)4-8(9)11(13,14)20(17,18)19/h1-4H,(H2,17,18,19)/p-2. The molecule has 0 amide bonds. The van der Waals surface area contributed by atoms with E-state index in [1.807, 2.05) is 0 Å². The average Bonchev–Trinajstić information content (AvgIpc) is 2.35. The van der Waals surface area contributed by atoms with E-state index in [9.17, 15) is 23.1 Å². The van der Waals surface area contributed by atoms with Crippen molar-refractivity contribution in [2.24, 2.45) is 0 Å². The van der Waals surface area contributed by atoms with Gasteiger partial charge in [-0.1, -0.05) is 15.9 Å². The van der Waals surface area contributed by atoms with Crippen LogP contribution >= 0.6 is 23.5 Å². The van der Waals surface area contributed by atoms with Crippen LogP contribution in [0.25, 0.3) is 10.9 Å². The van der Waals surface area contributed by atoms with Crippen LogP contribution in [0, 0.1) is 11.3 Å². The first-order chi connectivity index (χ1) is 9.16. The summed E-state index contributed by atoms with van der Waals surface area (Å²) >= 11 is 2.81. The molecule has 0 saturated carbocycles. The van der Waals surface area contributed by atoms with Crippen LogP contribution in [0.5, 0.6) is 0 Å². The van der Waals surface area contributed by atoms with E-state index in [-0.39, 0.29) is 15.7 Å². The normalized spacial score (nSPS) is 12.4. The zero-order valence-electron chi connectivity index (χ0n) is 9.51. The lowest BCUT2D eigenvalue weighted by Crippen LogP contribution is -2.30. The number of aromatic nitrogens is 1. The van der Waals surface area contributed by atoms with Crippen LogP contribution in [0.15, 0.2) is 28.7 Å². The highest BCUT2D eigenvalue weighted by molar-refractivity contribution is 9.10. The van der Waals surface area contributed by atoms with E-state index < -0.39 is 18.8 Å². The summed E-state index contributed by atoms with van der Waals surface area (Å²) < 4.78 is 37.7. The van der Waals surface area contributed by atoms with Crippen molar-refractivity contribution in [2.45, 2.75) is 5.66 Å². The largest absolute Gasteiger partial charge is 0.806 e. The fourth-order valence-electron chi connectivity index (χ4n) is 1.58. The minimum absolute atomic E-state index is 0.00428. The number of benzene rings is 1. The molecule has 0 saturated heterocycles. The van der Waals surface area contributed by atoms with Crippen molar-refractivity contribution in [1.29, 1.82) is 5.26 Å². The Morgan fingerprint density at radius 3 is 2.55 bits per heavy atom. The Hall–Kier alpha value is -1.39. The highest BCUT2D eigenvalue weighted by Crippen LogP contribution is 2.55. The predicted molar refractivity (Wildman–Crippen MR) is 65.7 cm³/mol. The molecule has 9 heteroatoms. The quantitative estimate of drug-likeness (QED) is 0.760. The summed E-state index contributed by atoms with van der Waals surface area (Å²) in [6, 6.07) is 6.59. The zero-order chi connectivity index (χ0) is 15.1. The van der Waals surface area contributed by atoms with Gasteiger partial charge >= 0.3 is 0 Å². The molecule has 0 fully saturated rings. The smallest absolute Gasteiger partial charge is 0.298 e. The van der Waals surface area contributed by atoms with Gasteiger partial charge in [0, 0.05) is 23.0 Å². The van der Waals surface area contributed by atoms with E-state index >= 15 is 0 Å². The molecule has 0 bridgehead atoms. The maximum absolute atomic E-state index is 13.6. The number of alkyl halides is 2. The minimum atomic E-state index is -6.17. The Bertz CT molecular complexity index is 785. The van der Waals surface area contributed by atoms with Crippen LogP contribution in [-0.2, 0) is 10.2 Å². The van der Waals surface area contributed by atoms with Gasteiger partial charge in [0.25, 0.3) is 5.66 Å². The van der Waals surface area contributed by atoms with Gasteiger partial charge in [0.05, 0.1) is 5.52 Å². The summed E-state index contributed by atoms with van der Waals surface area (Å²) in [5.41, 5.74) is -5.58. The molecule has 2 rings (SSSR count). The molecule has 1 aromatic heterocycles. The van der Waals surface area contributed by atoms with Crippen LogP contribution in [0.2, 0.25) is 0 Å². The fourth-order valence-corrected chi connectivity index (χ4v) is 2.83. The SMILES string of the molecule is N#Cc1ccc2cc(Br)c(C(F)(F)P(=O)([O-])[O-])cc2n1. The van der Waals surface area contributed by atoms with Crippen molar-refractivity contribution in [2.75, 3.05) is 0 Å². The van der Waals surface area contributed by atoms with Crippen molar-refractivity contribution in [3.63, 3.8) is 0 Å². The Morgan fingerprint density at radius 1 is 1.35 bits per heavy atom. The van der Waals surface area contributed by atoms with Crippen LogP contribution in [0.3, 0.4) is 0 Å². The topological polar surface area (TPSA) is 99.9 Å². The van der Waals surface area contributed by atoms with Crippen LogP contribution < -0.4 is 9.79 Å². The third-order valence-corrected chi connectivity index (χ3v) is 4.15. The first kappa shape index (κ1) is 15.0. The summed E-state index contributed by atoms with van der Waals surface area (Å²) in [6.07, 6.45) is 0. The Labute approximate surface area is 120 Å². The lowest BCUT2D eigenvalue weighted by Gasteiger charge is -2.38. The lowest BCUT2D eigenvalue weighted by molar-refractivity contribution is -0.335. The van der Waals surface area contributed by atoms with E-state index in [2.05, 4.69) is 20.9 Å². The van der Waals surface area contributed by atoms with Crippen LogP contribution in [0.1, 0.15) is 11.3 Å². The lowest BCUT2D eigenvalue weighted by atomic mass is 10.1. The Morgan fingerprint density at radius 2 is 2.00 bits per heavy atom. The van der Waals surface area contributed by atoms with E-state index in [4.69, 9.17) is 5.26 Å². The predicted octanol–water partition coefficient (Wildman–Crippen LogP) is 1.83. The molecule has 1 aromatic carbocycles. The molecule has 20 heavy (non-hydrogen) atoms. The molecule has 0 N–H and O–H groups in total. The minimum Gasteiger partial charge on any atom is -0.806 e. The number of hydrogen-bond donors (Lipinski definition) is 0. The third kappa shape index (κ3) is 2.45. The van der Waals surface area contributed by atoms with Crippen molar-refractivity contribution in [1.82, 2.24) is 4.98 Å². The molecule has 0 spiro atoms. The second kappa shape index (κ2) is 4.86. The Balaban J connectivity index is 2.75. The third-order valence-electron chi connectivity index (χ3n) is 2.56. The first-order valence-electron chi connectivity index (χ1n) is 5.07. The summed E-state index contributed by atoms with van der Waals surface area (Å²) in [7, 11) is -6.17. The van der Waals surface area contributed by atoms with E-state index in [1.165, 1.54) is 18.2 Å². The average molecular weight is 361 g/mol. The van der Waals surface area contributed by atoms with E-state index in [1.54, 1.807) is 6.07 Å². The van der Waals surface area contributed by atoms with Crippen LogP contribution in [-0.4, -0.2) is 4.98 Å². The molecule has 0 aliphatic heterocycles. The van der Waals surface area contributed by atoms with Gasteiger partial charge in [-0.3, -0.25) is 0 Å². The second-order valence-electron chi connectivity index (χ2n) is 3.87. The second-order valence-corrected chi connectivity index (χ2v) is 6.28. The van der Waals surface area contributed by atoms with Gasteiger partial charge < -0.3 is 14.4 Å². The molecule has 0 aliphatic carbocycles. The number of halogens is 3.